The molecule has 2 aliphatic carbocycles. The average molecular weight is 458 g/mol. The second kappa shape index (κ2) is 8.44. The van der Waals surface area contributed by atoms with Gasteiger partial charge in [0.25, 0.3) is 5.91 Å². The van der Waals surface area contributed by atoms with Crippen LogP contribution in [0.2, 0.25) is 0 Å². The van der Waals surface area contributed by atoms with Gasteiger partial charge < -0.3 is 10.4 Å². The number of hydrogen-bond acceptors (Lipinski definition) is 4. The molecule has 0 radical (unpaired) electrons. The summed E-state index contributed by atoms with van der Waals surface area (Å²) in [6.45, 7) is 0.225. The standard InChI is InChI=1S/C24H25F3N4O2/c25-24(26,27)22-3-1-2-19(28-22)23(33)29-21-10-16-12-31(17-8-4-14(13-32)5-9-17)30-20(16)11-18(21)15-6-7-15/h1-3,10-12,14-15,17,32H,4-9,13H2,(H,29,33)/t14-,17-. The Morgan fingerprint density at radius 1 is 1.12 bits per heavy atom. The molecule has 5 rings (SSSR count). The quantitative estimate of drug-likeness (QED) is 0.544. The van der Waals surface area contributed by atoms with Crippen molar-refractivity contribution in [2.45, 2.75) is 56.7 Å². The van der Waals surface area contributed by atoms with Crippen molar-refractivity contribution in [1.29, 1.82) is 0 Å². The van der Waals surface area contributed by atoms with Crippen LogP contribution in [-0.2, 0) is 6.18 Å². The Labute approximate surface area is 188 Å². The molecule has 174 valence electrons. The third-order valence-electron chi connectivity index (χ3n) is 6.68. The van der Waals surface area contributed by atoms with Crippen molar-refractivity contribution >= 4 is 22.5 Å². The van der Waals surface area contributed by atoms with Gasteiger partial charge in [-0.1, -0.05) is 6.07 Å². The van der Waals surface area contributed by atoms with Gasteiger partial charge in [-0.3, -0.25) is 9.48 Å². The highest BCUT2D eigenvalue weighted by atomic mass is 19.4. The summed E-state index contributed by atoms with van der Waals surface area (Å²) in [7, 11) is 0. The molecule has 2 aromatic heterocycles. The second-order valence-corrected chi connectivity index (χ2v) is 9.10. The van der Waals surface area contributed by atoms with Gasteiger partial charge in [0.1, 0.15) is 11.4 Å². The Kier molecular flexibility index (Phi) is 5.60. The van der Waals surface area contributed by atoms with Crippen LogP contribution in [0.25, 0.3) is 10.9 Å². The van der Waals surface area contributed by atoms with E-state index in [4.69, 9.17) is 5.10 Å². The van der Waals surface area contributed by atoms with E-state index < -0.39 is 17.8 Å². The summed E-state index contributed by atoms with van der Waals surface area (Å²) < 4.78 is 41.0. The van der Waals surface area contributed by atoms with Crippen LogP contribution in [0, 0.1) is 5.92 Å². The number of nitrogens with zero attached hydrogens (tertiary/aromatic N) is 3. The Morgan fingerprint density at radius 3 is 2.55 bits per heavy atom. The number of rotatable bonds is 5. The number of aliphatic hydroxyl groups excluding tert-OH is 1. The van der Waals surface area contributed by atoms with Crippen LogP contribution in [0.1, 0.15) is 72.2 Å². The normalized spacial score (nSPS) is 21.3. The van der Waals surface area contributed by atoms with Gasteiger partial charge >= 0.3 is 6.18 Å². The fourth-order valence-electron chi connectivity index (χ4n) is 4.63. The zero-order chi connectivity index (χ0) is 23.2. The zero-order valence-corrected chi connectivity index (χ0v) is 18.0. The molecule has 6 nitrogen and oxygen atoms in total. The van der Waals surface area contributed by atoms with Gasteiger partial charge in [0, 0.05) is 23.9 Å². The van der Waals surface area contributed by atoms with Crippen LogP contribution < -0.4 is 5.32 Å². The lowest BCUT2D eigenvalue weighted by atomic mass is 9.87. The van der Waals surface area contributed by atoms with Crippen LogP contribution >= 0.6 is 0 Å². The third-order valence-corrected chi connectivity index (χ3v) is 6.68. The van der Waals surface area contributed by atoms with E-state index in [2.05, 4.69) is 10.3 Å². The molecule has 1 amide bonds. The van der Waals surface area contributed by atoms with Gasteiger partial charge in [-0.15, -0.1) is 0 Å². The van der Waals surface area contributed by atoms with E-state index >= 15 is 0 Å². The molecular formula is C24H25F3N4O2. The van der Waals surface area contributed by atoms with E-state index in [0.717, 1.165) is 61.1 Å². The highest BCUT2D eigenvalue weighted by Gasteiger charge is 2.33. The van der Waals surface area contributed by atoms with Gasteiger partial charge in [-0.25, -0.2) is 4.98 Å². The molecule has 2 aliphatic rings. The number of halogens is 3. The predicted molar refractivity (Wildman–Crippen MR) is 117 cm³/mol. The number of pyridine rings is 1. The summed E-state index contributed by atoms with van der Waals surface area (Å²) in [5.74, 6) is 0.000324. The second-order valence-electron chi connectivity index (χ2n) is 9.10. The van der Waals surface area contributed by atoms with Crippen molar-refractivity contribution in [2.24, 2.45) is 5.92 Å². The maximum Gasteiger partial charge on any atom is 0.433 e. The molecule has 3 aromatic rings. The first kappa shape index (κ1) is 21.9. The number of fused-ring (bicyclic) bond motifs is 1. The first-order valence-electron chi connectivity index (χ1n) is 11.3. The fraction of sp³-hybridized carbons (Fsp3) is 0.458. The fourth-order valence-corrected chi connectivity index (χ4v) is 4.63. The van der Waals surface area contributed by atoms with Crippen molar-refractivity contribution in [3.05, 3.63) is 53.5 Å². The van der Waals surface area contributed by atoms with Crippen LogP contribution in [0.15, 0.2) is 36.5 Å². The van der Waals surface area contributed by atoms with E-state index in [1.165, 1.54) is 12.1 Å². The SMILES string of the molecule is O=C(Nc1cc2cn([C@H]3CC[C@H](CO)CC3)nc2cc1C1CC1)c1cccc(C(F)(F)F)n1. The molecule has 33 heavy (non-hydrogen) atoms. The summed E-state index contributed by atoms with van der Waals surface area (Å²) in [6.07, 6.45) is 3.21. The smallest absolute Gasteiger partial charge is 0.396 e. The average Bonchev–Trinajstić information content (AvgIpc) is 3.57. The van der Waals surface area contributed by atoms with E-state index in [-0.39, 0.29) is 18.3 Å². The summed E-state index contributed by atoms with van der Waals surface area (Å²) in [4.78, 5) is 16.3. The zero-order valence-electron chi connectivity index (χ0n) is 18.0. The van der Waals surface area contributed by atoms with Crippen LogP contribution in [0.3, 0.4) is 0 Å². The molecule has 0 spiro atoms. The van der Waals surface area contributed by atoms with Gasteiger partial charge in [-0.2, -0.15) is 18.3 Å². The molecular weight excluding hydrogens is 433 g/mol. The van der Waals surface area contributed by atoms with Crippen molar-refractivity contribution in [2.75, 3.05) is 11.9 Å². The highest BCUT2D eigenvalue weighted by Crippen LogP contribution is 2.45. The number of nitrogens with one attached hydrogen (secondary N) is 1. The first-order valence-corrected chi connectivity index (χ1v) is 11.3. The number of alkyl halides is 3. The largest absolute Gasteiger partial charge is 0.433 e. The van der Waals surface area contributed by atoms with Gasteiger partial charge in [0.05, 0.1) is 11.6 Å². The minimum absolute atomic E-state index is 0.225. The number of amides is 1. The van der Waals surface area contributed by atoms with Crippen LogP contribution in [0.5, 0.6) is 0 Å². The minimum atomic E-state index is -4.61. The molecule has 0 unspecified atom stereocenters. The van der Waals surface area contributed by atoms with Crippen LogP contribution in [-0.4, -0.2) is 32.4 Å². The Bertz CT molecular complexity index is 1180. The van der Waals surface area contributed by atoms with Crippen molar-refractivity contribution < 1.29 is 23.1 Å². The van der Waals surface area contributed by atoms with Gasteiger partial charge in [0.15, 0.2) is 0 Å². The van der Waals surface area contributed by atoms with Crippen molar-refractivity contribution in [3.63, 3.8) is 0 Å². The lowest BCUT2D eigenvalue weighted by molar-refractivity contribution is -0.141. The van der Waals surface area contributed by atoms with Gasteiger partial charge in [-0.05, 0) is 80.2 Å². The van der Waals surface area contributed by atoms with E-state index in [1.807, 2.05) is 23.0 Å². The molecule has 0 saturated heterocycles. The van der Waals surface area contributed by atoms with E-state index in [0.29, 0.717) is 17.5 Å². The summed E-state index contributed by atoms with van der Waals surface area (Å²) in [6, 6.07) is 7.43. The minimum Gasteiger partial charge on any atom is -0.396 e. The van der Waals surface area contributed by atoms with Gasteiger partial charge in [0.2, 0.25) is 0 Å². The molecule has 0 bridgehead atoms. The van der Waals surface area contributed by atoms with E-state index in [9.17, 15) is 23.1 Å². The van der Waals surface area contributed by atoms with E-state index in [1.54, 1.807) is 0 Å². The molecule has 2 heterocycles. The van der Waals surface area contributed by atoms with Crippen molar-refractivity contribution in [1.82, 2.24) is 14.8 Å². The van der Waals surface area contributed by atoms with Crippen LogP contribution in [0.4, 0.5) is 18.9 Å². The lowest BCUT2D eigenvalue weighted by Gasteiger charge is -2.27. The number of anilines is 1. The molecule has 9 heteroatoms. The third kappa shape index (κ3) is 4.59. The molecule has 1 aromatic carbocycles. The maximum atomic E-state index is 13.0. The molecule has 0 aliphatic heterocycles. The summed E-state index contributed by atoms with van der Waals surface area (Å²) in [5, 5.41) is 17.8. The predicted octanol–water partition coefficient (Wildman–Crippen LogP) is 5.30. The molecule has 2 fully saturated rings. The highest BCUT2D eigenvalue weighted by molar-refractivity contribution is 6.04. The number of aromatic nitrogens is 3. The molecule has 2 saturated carbocycles. The van der Waals surface area contributed by atoms with Crippen molar-refractivity contribution in [3.8, 4) is 0 Å². The topological polar surface area (TPSA) is 80.0 Å². The Hall–Kier alpha value is -2.94. The number of benzene rings is 1. The Balaban J connectivity index is 1.42. The number of aliphatic hydroxyl groups is 1. The number of hydrogen-bond donors (Lipinski definition) is 2. The Morgan fingerprint density at radius 2 is 1.88 bits per heavy atom. The summed E-state index contributed by atoms with van der Waals surface area (Å²) in [5.41, 5.74) is 1.03. The molecule has 2 N–H and O–H groups in total. The first-order chi connectivity index (χ1) is 15.8. The monoisotopic (exact) mass is 458 g/mol. The number of carbonyl (C=O) groups excluding carboxylic acids is 1. The number of carbonyl (C=O) groups is 1. The molecule has 0 atom stereocenters. The summed E-state index contributed by atoms with van der Waals surface area (Å²) >= 11 is 0. The maximum absolute atomic E-state index is 13.0. The lowest BCUT2D eigenvalue weighted by Crippen LogP contribution is -2.20.